The number of hydrogen-bond acceptors (Lipinski definition) is 2. The van der Waals surface area contributed by atoms with E-state index in [0.29, 0.717) is 21.8 Å². The molecule has 0 unspecified atom stereocenters. The number of pyridine rings is 1. The Bertz CT molecular complexity index is 548. The summed E-state index contributed by atoms with van der Waals surface area (Å²) in [5.41, 5.74) is 7.32. The first kappa shape index (κ1) is 9.80. The molecule has 4 heteroatoms. The third-order valence-electron chi connectivity index (χ3n) is 2.12. The molecular weight excluding hydrogens is 212 g/mol. The number of anilines is 1. The van der Waals surface area contributed by atoms with Crippen molar-refractivity contribution >= 4 is 17.3 Å². The number of aromatic nitrogens is 1. The van der Waals surface area contributed by atoms with Gasteiger partial charge in [0.05, 0.1) is 0 Å². The van der Waals surface area contributed by atoms with Gasteiger partial charge in [-0.3, -0.25) is 4.79 Å². The fourth-order valence-corrected chi connectivity index (χ4v) is 1.57. The van der Waals surface area contributed by atoms with Gasteiger partial charge in [0.15, 0.2) is 0 Å². The predicted octanol–water partition coefficient (Wildman–Crippen LogP) is 2.28. The maximum absolute atomic E-state index is 11.5. The van der Waals surface area contributed by atoms with E-state index in [1.165, 1.54) is 0 Å². The number of hydrogen-bond donors (Lipinski definition) is 2. The molecule has 0 radical (unpaired) electrons. The van der Waals surface area contributed by atoms with E-state index in [-0.39, 0.29) is 5.56 Å². The van der Waals surface area contributed by atoms with Crippen molar-refractivity contribution in [1.82, 2.24) is 4.98 Å². The van der Waals surface area contributed by atoms with Gasteiger partial charge < -0.3 is 10.7 Å². The molecule has 2 aromatic rings. The average molecular weight is 221 g/mol. The molecule has 3 nitrogen and oxygen atoms in total. The molecule has 1 aromatic heterocycles. The zero-order valence-corrected chi connectivity index (χ0v) is 8.58. The molecule has 0 aliphatic carbocycles. The van der Waals surface area contributed by atoms with Gasteiger partial charge in [-0.1, -0.05) is 11.6 Å². The molecule has 76 valence electrons. The molecule has 0 bridgehead atoms. The summed E-state index contributed by atoms with van der Waals surface area (Å²) >= 11 is 5.85. The van der Waals surface area contributed by atoms with Gasteiger partial charge >= 0.3 is 0 Å². The summed E-state index contributed by atoms with van der Waals surface area (Å²) in [6.07, 6.45) is 1.58. The zero-order valence-electron chi connectivity index (χ0n) is 7.83. The lowest BCUT2D eigenvalue weighted by molar-refractivity contribution is 1.24. The SMILES string of the molecule is Nc1ccc(Cl)cc1-c1ccc[nH]c1=O. The smallest absolute Gasteiger partial charge is 0.255 e. The molecule has 0 amide bonds. The van der Waals surface area contributed by atoms with Crippen molar-refractivity contribution < 1.29 is 0 Å². The Labute approximate surface area is 91.5 Å². The molecular formula is C11H9ClN2O. The van der Waals surface area contributed by atoms with Crippen LogP contribution in [-0.2, 0) is 0 Å². The summed E-state index contributed by atoms with van der Waals surface area (Å²) < 4.78 is 0. The molecule has 0 aliphatic heterocycles. The number of aromatic amines is 1. The van der Waals surface area contributed by atoms with Gasteiger partial charge in [0.1, 0.15) is 0 Å². The van der Waals surface area contributed by atoms with Crippen LogP contribution in [0.5, 0.6) is 0 Å². The van der Waals surface area contributed by atoms with Crippen LogP contribution in [0.1, 0.15) is 0 Å². The molecule has 0 atom stereocenters. The van der Waals surface area contributed by atoms with Gasteiger partial charge in [0.2, 0.25) is 0 Å². The van der Waals surface area contributed by atoms with Gasteiger partial charge in [0.25, 0.3) is 5.56 Å². The summed E-state index contributed by atoms with van der Waals surface area (Å²) in [4.78, 5) is 14.1. The number of benzene rings is 1. The van der Waals surface area contributed by atoms with E-state index in [4.69, 9.17) is 17.3 Å². The zero-order chi connectivity index (χ0) is 10.8. The largest absolute Gasteiger partial charge is 0.398 e. The minimum Gasteiger partial charge on any atom is -0.398 e. The van der Waals surface area contributed by atoms with Crippen LogP contribution >= 0.6 is 11.6 Å². The van der Waals surface area contributed by atoms with Crippen molar-refractivity contribution in [1.29, 1.82) is 0 Å². The normalized spacial score (nSPS) is 10.2. The minimum atomic E-state index is -0.175. The summed E-state index contributed by atoms with van der Waals surface area (Å²) in [6, 6.07) is 8.51. The lowest BCUT2D eigenvalue weighted by atomic mass is 10.1. The van der Waals surface area contributed by atoms with Gasteiger partial charge in [-0.05, 0) is 30.3 Å². The van der Waals surface area contributed by atoms with Crippen molar-refractivity contribution in [2.24, 2.45) is 0 Å². The van der Waals surface area contributed by atoms with Crippen LogP contribution in [0.2, 0.25) is 5.02 Å². The number of nitrogens with two attached hydrogens (primary N) is 1. The van der Waals surface area contributed by atoms with Gasteiger partial charge in [0, 0.05) is 28.0 Å². The second kappa shape index (κ2) is 3.79. The maximum atomic E-state index is 11.5. The molecule has 1 aromatic carbocycles. The molecule has 0 saturated heterocycles. The molecule has 0 spiro atoms. The van der Waals surface area contributed by atoms with Crippen molar-refractivity contribution in [3.8, 4) is 11.1 Å². The highest BCUT2D eigenvalue weighted by atomic mass is 35.5. The topological polar surface area (TPSA) is 58.9 Å². The van der Waals surface area contributed by atoms with Crippen LogP contribution in [0.15, 0.2) is 41.3 Å². The van der Waals surface area contributed by atoms with Crippen LogP contribution in [0.25, 0.3) is 11.1 Å². The highest BCUT2D eigenvalue weighted by molar-refractivity contribution is 6.31. The number of nitrogens with one attached hydrogen (secondary N) is 1. The van der Waals surface area contributed by atoms with Crippen molar-refractivity contribution in [2.75, 3.05) is 5.73 Å². The summed E-state index contributed by atoms with van der Waals surface area (Å²) in [6.45, 7) is 0. The Morgan fingerprint density at radius 1 is 1.20 bits per heavy atom. The Hall–Kier alpha value is -1.74. The van der Waals surface area contributed by atoms with Crippen LogP contribution in [0.4, 0.5) is 5.69 Å². The van der Waals surface area contributed by atoms with Crippen LogP contribution in [0.3, 0.4) is 0 Å². The predicted molar refractivity (Wildman–Crippen MR) is 61.9 cm³/mol. The van der Waals surface area contributed by atoms with E-state index >= 15 is 0 Å². The fourth-order valence-electron chi connectivity index (χ4n) is 1.40. The van der Waals surface area contributed by atoms with Crippen LogP contribution < -0.4 is 11.3 Å². The van der Waals surface area contributed by atoms with Crippen molar-refractivity contribution in [2.45, 2.75) is 0 Å². The highest BCUT2D eigenvalue weighted by Crippen LogP contribution is 2.25. The first-order chi connectivity index (χ1) is 7.18. The number of nitrogen functional groups attached to an aromatic ring is 1. The summed E-state index contributed by atoms with van der Waals surface area (Å²) in [5, 5.41) is 0.558. The fraction of sp³-hybridized carbons (Fsp3) is 0. The van der Waals surface area contributed by atoms with Gasteiger partial charge in [-0.2, -0.15) is 0 Å². The quantitative estimate of drug-likeness (QED) is 0.725. The highest BCUT2D eigenvalue weighted by Gasteiger charge is 2.06. The van der Waals surface area contributed by atoms with E-state index in [9.17, 15) is 4.79 Å². The average Bonchev–Trinajstić information content (AvgIpc) is 2.23. The van der Waals surface area contributed by atoms with Gasteiger partial charge in [-0.25, -0.2) is 0 Å². The molecule has 0 fully saturated rings. The lowest BCUT2D eigenvalue weighted by Gasteiger charge is -2.04. The Morgan fingerprint density at radius 3 is 2.73 bits per heavy atom. The van der Waals surface area contributed by atoms with E-state index in [2.05, 4.69) is 4.98 Å². The van der Waals surface area contributed by atoms with E-state index in [1.807, 2.05) is 0 Å². The monoisotopic (exact) mass is 220 g/mol. The molecule has 15 heavy (non-hydrogen) atoms. The standard InChI is InChI=1S/C11H9ClN2O/c12-7-3-4-10(13)9(6-7)8-2-1-5-14-11(8)15/h1-6H,13H2,(H,14,15). The first-order valence-electron chi connectivity index (χ1n) is 4.41. The third kappa shape index (κ3) is 1.87. The Kier molecular flexibility index (Phi) is 2.47. The molecule has 0 aliphatic rings. The Balaban J connectivity index is 2.69. The van der Waals surface area contributed by atoms with Crippen LogP contribution in [-0.4, -0.2) is 4.98 Å². The summed E-state index contributed by atoms with van der Waals surface area (Å²) in [7, 11) is 0. The minimum absolute atomic E-state index is 0.175. The van der Waals surface area contributed by atoms with E-state index in [0.717, 1.165) is 0 Å². The number of halogens is 1. The second-order valence-electron chi connectivity index (χ2n) is 3.14. The van der Waals surface area contributed by atoms with Crippen molar-refractivity contribution in [3.05, 3.63) is 51.9 Å². The first-order valence-corrected chi connectivity index (χ1v) is 4.79. The molecule has 3 N–H and O–H groups in total. The van der Waals surface area contributed by atoms with Crippen LogP contribution in [0, 0.1) is 0 Å². The van der Waals surface area contributed by atoms with E-state index in [1.54, 1.807) is 36.5 Å². The van der Waals surface area contributed by atoms with E-state index < -0.39 is 0 Å². The molecule has 1 heterocycles. The third-order valence-corrected chi connectivity index (χ3v) is 2.36. The number of H-pyrrole nitrogens is 1. The second-order valence-corrected chi connectivity index (χ2v) is 3.58. The Morgan fingerprint density at radius 2 is 2.00 bits per heavy atom. The molecule has 0 saturated carbocycles. The lowest BCUT2D eigenvalue weighted by Crippen LogP contribution is -2.08. The van der Waals surface area contributed by atoms with Gasteiger partial charge in [-0.15, -0.1) is 0 Å². The summed E-state index contributed by atoms with van der Waals surface area (Å²) in [5.74, 6) is 0. The van der Waals surface area contributed by atoms with Crippen molar-refractivity contribution in [3.63, 3.8) is 0 Å². The number of rotatable bonds is 1. The maximum Gasteiger partial charge on any atom is 0.255 e. The molecule has 2 rings (SSSR count).